The Morgan fingerprint density at radius 2 is 1.65 bits per heavy atom. The molecular weight excluding hydrogens is 420 g/mol. The third-order valence-electron chi connectivity index (χ3n) is 6.54. The maximum absolute atomic E-state index is 13.2. The molecule has 2 heterocycles. The molecule has 5 heteroatoms. The van der Waals surface area contributed by atoms with Crippen molar-refractivity contribution in [2.75, 3.05) is 0 Å². The van der Waals surface area contributed by atoms with Gasteiger partial charge in [0.1, 0.15) is 0 Å². The fraction of sp³-hybridized carbons (Fsp3) is 0.207. The SMILES string of the molecule is Cc1c(C(=O)N[C@@H](C)c2cccc3ccccc23)cnc2c(-c3ccc(C(C)C)cc3)cnn12. The van der Waals surface area contributed by atoms with Gasteiger partial charge in [-0.25, -0.2) is 9.50 Å². The van der Waals surface area contributed by atoms with Crippen LogP contribution in [0.1, 0.15) is 59.9 Å². The number of hydrogen-bond donors (Lipinski definition) is 1. The van der Waals surface area contributed by atoms with E-state index in [0.29, 0.717) is 11.5 Å². The summed E-state index contributed by atoms with van der Waals surface area (Å²) < 4.78 is 1.75. The lowest BCUT2D eigenvalue weighted by Gasteiger charge is -2.17. The maximum Gasteiger partial charge on any atom is 0.255 e. The molecule has 2 aromatic heterocycles. The van der Waals surface area contributed by atoms with Crippen LogP contribution in [0.15, 0.2) is 79.1 Å². The zero-order chi connectivity index (χ0) is 23.8. The molecule has 170 valence electrons. The summed E-state index contributed by atoms with van der Waals surface area (Å²) >= 11 is 0. The first kappa shape index (κ1) is 21.8. The molecule has 0 fully saturated rings. The molecule has 1 atom stereocenters. The molecule has 0 unspecified atom stereocenters. The smallest absolute Gasteiger partial charge is 0.255 e. The number of fused-ring (bicyclic) bond motifs is 2. The van der Waals surface area contributed by atoms with E-state index in [1.165, 1.54) is 5.56 Å². The number of nitrogens with zero attached hydrogens (tertiary/aromatic N) is 3. The van der Waals surface area contributed by atoms with Crippen LogP contribution >= 0.6 is 0 Å². The lowest BCUT2D eigenvalue weighted by molar-refractivity contribution is 0.0938. The first-order valence-corrected chi connectivity index (χ1v) is 11.7. The minimum atomic E-state index is -0.161. The van der Waals surface area contributed by atoms with Crippen molar-refractivity contribution in [1.29, 1.82) is 0 Å². The summed E-state index contributed by atoms with van der Waals surface area (Å²) in [4.78, 5) is 17.8. The number of hydrogen-bond acceptors (Lipinski definition) is 3. The van der Waals surface area contributed by atoms with Gasteiger partial charge in [0.05, 0.1) is 23.5 Å². The van der Waals surface area contributed by atoms with Gasteiger partial charge in [0.15, 0.2) is 5.65 Å². The van der Waals surface area contributed by atoms with Crippen LogP contribution in [-0.4, -0.2) is 20.5 Å². The first-order chi connectivity index (χ1) is 16.4. The summed E-state index contributed by atoms with van der Waals surface area (Å²) in [5, 5.41) is 9.99. The van der Waals surface area contributed by atoms with Crippen molar-refractivity contribution < 1.29 is 4.79 Å². The van der Waals surface area contributed by atoms with Crippen molar-refractivity contribution in [2.24, 2.45) is 0 Å². The molecule has 0 radical (unpaired) electrons. The lowest BCUT2D eigenvalue weighted by Crippen LogP contribution is -2.28. The molecule has 0 saturated carbocycles. The predicted molar refractivity (Wildman–Crippen MR) is 137 cm³/mol. The standard InChI is InChI=1S/C29H28N4O/c1-18(2)21-12-14-23(15-13-21)27-17-31-33-20(4)26(16-30-28(27)33)29(34)32-19(3)24-11-7-9-22-8-5-6-10-25(22)24/h5-19H,1-4H3,(H,32,34)/t19-/m0/s1. The Morgan fingerprint density at radius 3 is 2.41 bits per heavy atom. The molecule has 3 aromatic carbocycles. The van der Waals surface area contributed by atoms with Crippen LogP contribution in [0.4, 0.5) is 0 Å². The Bertz CT molecular complexity index is 1490. The van der Waals surface area contributed by atoms with Crippen molar-refractivity contribution >= 4 is 22.3 Å². The topological polar surface area (TPSA) is 59.3 Å². The summed E-state index contributed by atoms with van der Waals surface area (Å²) in [6.45, 7) is 8.28. The number of aromatic nitrogens is 3. The van der Waals surface area contributed by atoms with Crippen LogP contribution in [0.2, 0.25) is 0 Å². The van der Waals surface area contributed by atoms with Gasteiger partial charge >= 0.3 is 0 Å². The van der Waals surface area contributed by atoms with E-state index in [4.69, 9.17) is 0 Å². The number of amides is 1. The highest BCUT2D eigenvalue weighted by atomic mass is 16.1. The summed E-state index contributed by atoms with van der Waals surface area (Å²) in [6.07, 6.45) is 3.48. The second-order valence-electron chi connectivity index (χ2n) is 9.09. The van der Waals surface area contributed by atoms with E-state index in [2.05, 4.69) is 77.8 Å². The van der Waals surface area contributed by atoms with Gasteiger partial charge in [-0.2, -0.15) is 5.10 Å². The molecule has 1 N–H and O–H groups in total. The van der Waals surface area contributed by atoms with Crippen LogP contribution in [0.3, 0.4) is 0 Å². The van der Waals surface area contributed by atoms with Crippen LogP contribution in [-0.2, 0) is 0 Å². The predicted octanol–water partition coefficient (Wildman–Crippen LogP) is 6.47. The van der Waals surface area contributed by atoms with E-state index < -0.39 is 0 Å². The Kier molecular flexibility index (Phi) is 5.62. The number of nitrogens with one attached hydrogen (secondary N) is 1. The Hall–Kier alpha value is -3.99. The van der Waals surface area contributed by atoms with Gasteiger partial charge in [0, 0.05) is 11.8 Å². The number of benzene rings is 3. The number of carbonyl (C=O) groups excluding carboxylic acids is 1. The Morgan fingerprint density at radius 1 is 0.912 bits per heavy atom. The van der Waals surface area contributed by atoms with Crippen LogP contribution in [0.5, 0.6) is 0 Å². The quantitative estimate of drug-likeness (QED) is 0.335. The molecule has 0 bridgehead atoms. The van der Waals surface area contributed by atoms with Crippen molar-refractivity contribution in [3.8, 4) is 11.1 Å². The molecular formula is C29H28N4O. The molecule has 0 aliphatic rings. The van der Waals surface area contributed by atoms with E-state index in [-0.39, 0.29) is 11.9 Å². The van der Waals surface area contributed by atoms with Crippen molar-refractivity contribution in [1.82, 2.24) is 19.9 Å². The fourth-order valence-electron chi connectivity index (χ4n) is 4.50. The van der Waals surface area contributed by atoms with Crippen molar-refractivity contribution in [3.63, 3.8) is 0 Å². The average Bonchev–Trinajstić information content (AvgIpc) is 3.29. The largest absolute Gasteiger partial charge is 0.345 e. The zero-order valence-corrected chi connectivity index (χ0v) is 19.9. The van der Waals surface area contributed by atoms with Gasteiger partial charge in [-0.05, 0) is 47.2 Å². The van der Waals surface area contributed by atoms with Crippen LogP contribution in [0, 0.1) is 6.92 Å². The summed E-state index contributed by atoms with van der Waals surface area (Å²) in [5.74, 6) is 0.321. The molecule has 0 spiro atoms. The Balaban J connectivity index is 1.44. The maximum atomic E-state index is 13.2. The molecule has 5 aromatic rings. The van der Waals surface area contributed by atoms with E-state index >= 15 is 0 Å². The van der Waals surface area contributed by atoms with Crippen molar-refractivity contribution in [3.05, 3.63) is 102 Å². The van der Waals surface area contributed by atoms with E-state index in [1.807, 2.05) is 38.2 Å². The molecule has 0 aliphatic heterocycles. The van der Waals surface area contributed by atoms with E-state index in [9.17, 15) is 4.79 Å². The average molecular weight is 449 g/mol. The Labute approximate surface area is 199 Å². The first-order valence-electron chi connectivity index (χ1n) is 11.7. The van der Waals surface area contributed by atoms with Crippen LogP contribution in [0.25, 0.3) is 27.5 Å². The number of aryl methyl sites for hydroxylation is 1. The summed E-state index contributed by atoms with van der Waals surface area (Å²) in [6, 6.07) is 22.7. The van der Waals surface area contributed by atoms with Gasteiger partial charge < -0.3 is 5.32 Å². The minimum absolute atomic E-state index is 0.152. The molecule has 0 saturated heterocycles. The van der Waals surface area contributed by atoms with Gasteiger partial charge in [-0.1, -0.05) is 80.6 Å². The van der Waals surface area contributed by atoms with E-state index in [0.717, 1.165) is 38.8 Å². The third kappa shape index (κ3) is 3.83. The second kappa shape index (κ2) is 8.75. The number of carbonyl (C=O) groups is 1. The van der Waals surface area contributed by atoms with Gasteiger partial charge in [-0.15, -0.1) is 0 Å². The number of rotatable bonds is 5. The minimum Gasteiger partial charge on any atom is -0.345 e. The highest BCUT2D eigenvalue weighted by molar-refractivity contribution is 5.96. The molecule has 34 heavy (non-hydrogen) atoms. The monoisotopic (exact) mass is 448 g/mol. The summed E-state index contributed by atoms with van der Waals surface area (Å²) in [5.41, 5.74) is 6.42. The van der Waals surface area contributed by atoms with Gasteiger partial charge in [-0.3, -0.25) is 4.79 Å². The molecule has 5 nitrogen and oxygen atoms in total. The van der Waals surface area contributed by atoms with Gasteiger partial charge in [0.25, 0.3) is 5.91 Å². The van der Waals surface area contributed by atoms with Crippen LogP contribution < -0.4 is 5.32 Å². The highest BCUT2D eigenvalue weighted by Gasteiger charge is 2.19. The summed E-state index contributed by atoms with van der Waals surface area (Å²) in [7, 11) is 0. The fourth-order valence-corrected chi connectivity index (χ4v) is 4.50. The van der Waals surface area contributed by atoms with E-state index in [1.54, 1.807) is 10.7 Å². The molecule has 1 amide bonds. The molecule has 0 aliphatic carbocycles. The highest BCUT2D eigenvalue weighted by Crippen LogP contribution is 2.27. The molecule has 5 rings (SSSR count). The lowest BCUT2D eigenvalue weighted by atomic mass is 9.99. The normalized spacial score (nSPS) is 12.4. The van der Waals surface area contributed by atoms with Gasteiger partial charge in [0.2, 0.25) is 0 Å². The second-order valence-corrected chi connectivity index (χ2v) is 9.09. The zero-order valence-electron chi connectivity index (χ0n) is 19.9. The third-order valence-corrected chi connectivity index (χ3v) is 6.54. The van der Waals surface area contributed by atoms with Crippen molar-refractivity contribution in [2.45, 2.75) is 39.7 Å².